The number of benzene rings is 2. The van der Waals surface area contributed by atoms with E-state index in [0.717, 1.165) is 56.8 Å². The molecule has 1 aliphatic heterocycles. The van der Waals surface area contributed by atoms with E-state index in [2.05, 4.69) is 54.9 Å². The molecule has 0 amide bonds. The summed E-state index contributed by atoms with van der Waals surface area (Å²) in [4.78, 5) is 11.3. The average Bonchev–Trinajstić information content (AvgIpc) is 3.41. The highest BCUT2D eigenvalue weighted by Gasteiger charge is 2.29. The first-order valence-corrected chi connectivity index (χ1v) is 14.1. The zero-order chi connectivity index (χ0) is 27.5. The summed E-state index contributed by atoms with van der Waals surface area (Å²) in [5.74, 6) is 0.727. The SMILES string of the molecule is Cc1nc(-c2ccc(N3CCC[C@H](N[C@@H]4CCCC[C@H]4Nc4cc(-c5ccc(F)cc5F)ccn4)C3)cc2)no1. The average molecular weight is 545 g/mol. The van der Waals surface area contributed by atoms with Crippen LogP contribution >= 0.6 is 0 Å². The fraction of sp³-hybridized carbons (Fsp3) is 0.387. The van der Waals surface area contributed by atoms with Crippen molar-refractivity contribution in [2.24, 2.45) is 0 Å². The Morgan fingerprint density at radius 2 is 1.73 bits per heavy atom. The highest BCUT2D eigenvalue weighted by molar-refractivity contribution is 5.67. The summed E-state index contributed by atoms with van der Waals surface area (Å²) in [6.07, 6.45) is 8.43. The molecule has 2 N–H and O–H groups in total. The molecule has 2 aliphatic rings. The molecule has 3 atom stereocenters. The number of nitrogens with one attached hydrogen (secondary N) is 2. The van der Waals surface area contributed by atoms with Gasteiger partial charge < -0.3 is 20.1 Å². The molecule has 2 aromatic carbocycles. The number of pyridine rings is 1. The maximum atomic E-state index is 14.4. The fourth-order valence-electron chi connectivity index (χ4n) is 5.98. The molecular weight excluding hydrogens is 510 g/mol. The monoisotopic (exact) mass is 544 g/mol. The summed E-state index contributed by atoms with van der Waals surface area (Å²) in [6, 6.07) is 16.6. The van der Waals surface area contributed by atoms with Crippen LogP contribution in [0.25, 0.3) is 22.5 Å². The molecule has 1 aliphatic carbocycles. The molecule has 0 spiro atoms. The molecule has 40 heavy (non-hydrogen) atoms. The largest absolute Gasteiger partial charge is 0.370 e. The Hall–Kier alpha value is -3.85. The van der Waals surface area contributed by atoms with E-state index in [1.165, 1.54) is 24.2 Å². The van der Waals surface area contributed by atoms with E-state index in [9.17, 15) is 8.78 Å². The first-order valence-electron chi connectivity index (χ1n) is 14.1. The number of rotatable bonds is 7. The molecule has 0 unspecified atom stereocenters. The van der Waals surface area contributed by atoms with E-state index < -0.39 is 11.6 Å². The molecule has 6 rings (SSSR count). The fourth-order valence-corrected chi connectivity index (χ4v) is 5.98. The minimum Gasteiger partial charge on any atom is -0.370 e. The normalized spacial score (nSPS) is 21.4. The van der Waals surface area contributed by atoms with Crippen LogP contribution in [0, 0.1) is 18.6 Å². The Morgan fingerprint density at radius 1 is 0.900 bits per heavy atom. The number of nitrogens with zero attached hydrogens (tertiary/aromatic N) is 4. The van der Waals surface area contributed by atoms with Gasteiger partial charge in [-0.25, -0.2) is 13.8 Å². The van der Waals surface area contributed by atoms with Crippen LogP contribution in [0.5, 0.6) is 0 Å². The number of hydrogen-bond acceptors (Lipinski definition) is 7. The summed E-state index contributed by atoms with van der Waals surface area (Å²) < 4.78 is 32.9. The summed E-state index contributed by atoms with van der Waals surface area (Å²) in [5, 5.41) is 11.6. The molecule has 4 aromatic rings. The summed E-state index contributed by atoms with van der Waals surface area (Å²) >= 11 is 0. The van der Waals surface area contributed by atoms with Gasteiger partial charge in [-0.2, -0.15) is 4.98 Å². The van der Waals surface area contributed by atoms with Crippen LogP contribution in [0.4, 0.5) is 20.3 Å². The van der Waals surface area contributed by atoms with Gasteiger partial charge in [-0.1, -0.05) is 18.0 Å². The van der Waals surface area contributed by atoms with Crippen molar-refractivity contribution >= 4 is 11.5 Å². The lowest BCUT2D eigenvalue weighted by Crippen LogP contribution is -2.54. The van der Waals surface area contributed by atoms with Crippen molar-refractivity contribution in [2.75, 3.05) is 23.3 Å². The van der Waals surface area contributed by atoms with Crippen LogP contribution < -0.4 is 15.5 Å². The van der Waals surface area contributed by atoms with E-state index in [0.29, 0.717) is 40.7 Å². The van der Waals surface area contributed by atoms with Gasteiger partial charge in [-0.15, -0.1) is 0 Å². The number of aryl methyl sites for hydroxylation is 1. The smallest absolute Gasteiger partial charge is 0.223 e. The summed E-state index contributed by atoms with van der Waals surface area (Å²) in [6.45, 7) is 3.77. The van der Waals surface area contributed by atoms with E-state index in [-0.39, 0.29) is 6.04 Å². The lowest BCUT2D eigenvalue weighted by molar-refractivity contribution is 0.293. The van der Waals surface area contributed by atoms with Gasteiger partial charge in [-0.05, 0) is 79.8 Å². The van der Waals surface area contributed by atoms with Crippen molar-refractivity contribution in [3.63, 3.8) is 0 Å². The van der Waals surface area contributed by atoms with Gasteiger partial charge in [0, 0.05) is 67.2 Å². The molecule has 3 heterocycles. The van der Waals surface area contributed by atoms with E-state index in [4.69, 9.17) is 4.52 Å². The molecule has 2 fully saturated rings. The Morgan fingerprint density at radius 3 is 2.50 bits per heavy atom. The van der Waals surface area contributed by atoms with Gasteiger partial charge in [0.05, 0.1) is 0 Å². The lowest BCUT2D eigenvalue weighted by Gasteiger charge is -2.40. The number of piperidine rings is 1. The first-order chi connectivity index (χ1) is 19.5. The van der Waals surface area contributed by atoms with Crippen molar-refractivity contribution in [3.05, 3.63) is 78.3 Å². The van der Waals surface area contributed by atoms with Gasteiger partial charge in [0.25, 0.3) is 0 Å². The highest BCUT2D eigenvalue weighted by atomic mass is 19.1. The number of aromatic nitrogens is 3. The maximum Gasteiger partial charge on any atom is 0.223 e. The van der Waals surface area contributed by atoms with Crippen LogP contribution in [0.3, 0.4) is 0 Å². The van der Waals surface area contributed by atoms with Crippen molar-refractivity contribution in [3.8, 4) is 22.5 Å². The molecule has 9 heteroatoms. The van der Waals surface area contributed by atoms with Crippen molar-refractivity contribution in [2.45, 2.75) is 63.6 Å². The molecule has 1 saturated carbocycles. The van der Waals surface area contributed by atoms with Crippen molar-refractivity contribution in [1.29, 1.82) is 0 Å². The van der Waals surface area contributed by atoms with Gasteiger partial charge in [0.15, 0.2) is 0 Å². The van der Waals surface area contributed by atoms with Gasteiger partial charge in [0.1, 0.15) is 17.5 Å². The van der Waals surface area contributed by atoms with Crippen molar-refractivity contribution < 1.29 is 13.3 Å². The number of halogens is 2. The second-order valence-corrected chi connectivity index (χ2v) is 10.8. The minimum absolute atomic E-state index is 0.225. The number of hydrogen-bond donors (Lipinski definition) is 2. The quantitative estimate of drug-likeness (QED) is 0.280. The zero-order valence-electron chi connectivity index (χ0n) is 22.6. The van der Waals surface area contributed by atoms with Crippen LogP contribution in [0.1, 0.15) is 44.4 Å². The minimum atomic E-state index is -0.581. The molecule has 7 nitrogen and oxygen atoms in total. The first kappa shape index (κ1) is 26.4. The zero-order valence-corrected chi connectivity index (χ0v) is 22.6. The van der Waals surface area contributed by atoms with E-state index in [1.54, 1.807) is 19.2 Å². The molecule has 2 aromatic heterocycles. The molecular formula is C31H34F2N6O. The molecule has 0 bridgehead atoms. The second kappa shape index (κ2) is 11.7. The van der Waals surface area contributed by atoms with Gasteiger partial charge in [0.2, 0.25) is 11.7 Å². The van der Waals surface area contributed by atoms with Crippen LogP contribution in [-0.4, -0.2) is 46.3 Å². The Bertz CT molecular complexity index is 1440. The predicted octanol–water partition coefficient (Wildman–Crippen LogP) is 6.37. The van der Waals surface area contributed by atoms with E-state index in [1.807, 2.05) is 6.07 Å². The Labute approximate surface area is 233 Å². The molecule has 1 saturated heterocycles. The van der Waals surface area contributed by atoms with Gasteiger partial charge >= 0.3 is 0 Å². The predicted molar refractivity (Wildman–Crippen MR) is 152 cm³/mol. The van der Waals surface area contributed by atoms with Crippen LogP contribution in [0.2, 0.25) is 0 Å². The van der Waals surface area contributed by atoms with Crippen LogP contribution in [0.15, 0.2) is 65.3 Å². The highest BCUT2D eigenvalue weighted by Crippen LogP contribution is 2.29. The number of anilines is 2. The van der Waals surface area contributed by atoms with Crippen molar-refractivity contribution in [1.82, 2.24) is 20.4 Å². The Kier molecular flexibility index (Phi) is 7.73. The van der Waals surface area contributed by atoms with E-state index >= 15 is 0 Å². The summed E-state index contributed by atoms with van der Waals surface area (Å²) in [7, 11) is 0. The maximum absolute atomic E-state index is 14.4. The molecule has 208 valence electrons. The lowest BCUT2D eigenvalue weighted by atomic mass is 9.89. The van der Waals surface area contributed by atoms with Gasteiger partial charge in [-0.3, -0.25) is 0 Å². The standard InChI is InChI=1S/C31H34F2N6O/c1-20-35-31(38-40-20)21-8-11-25(12-9-21)39-16-4-5-24(19-39)36-28-6-2-3-7-29(28)37-30-17-22(14-15-34-30)26-13-10-23(32)18-27(26)33/h8-15,17-18,24,28-29,36H,2-7,16,19H2,1H3,(H,34,37)/t24-,28+,29+/m0/s1. The third kappa shape index (κ3) is 5.99. The third-order valence-corrected chi connectivity index (χ3v) is 7.99. The second-order valence-electron chi connectivity index (χ2n) is 10.8. The third-order valence-electron chi connectivity index (χ3n) is 7.99. The van der Waals surface area contributed by atoms with Crippen LogP contribution in [-0.2, 0) is 0 Å². The Balaban J connectivity index is 1.10. The summed E-state index contributed by atoms with van der Waals surface area (Å²) in [5.41, 5.74) is 3.19. The topological polar surface area (TPSA) is 79.1 Å². The molecule has 0 radical (unpaired) electrons.